The summed E-state index contributed by atoms with van der Waals surface area (Å²) in [7, 11) is 0. The Bertz CT molecular complexity index is 723. The molecule has 0 radical (unpaired) electrons. The molecule has 0 bridgehead atoms. The van der Waals surface area contributed by atoms with Gasteiger partial charge >= 0.3 is 5.97 Å². The fourth-order valence-electron chi connectivity index (χ4n) is 4.31. The van der Waals surface area contributed by atoms with Gasteiger partial charge in [0, 0.05) is 33.3 Å². The predicted molar refractivity (Wildman–Crippen MR) is 174 cm³/mol. The first-order valence-corrected chi connectivity index (χ1v) is 16.5. The topological polar surface area (TPSA) is 43.8 Å². The minimum absolute atomic E-state index is 0.504. The van der Waals surface area contributed by atoms with Gasteiger partial charge in [0.2, 0.25) is 0 Å². The van der Waals surface area contributed by atoms with Crippen LogP contribution in [0.5, 0.6) is 0 Å². The molecule has 0 aliphatic heterocycles. The van der Waals surface area contributed by atoms with Crippen LogP contribution in [0.2, 0.25) is 0 Å². The second-order valence-electron chi connectivity index (χ2n) is 9.12. The summed E-state index contributed by atoms with van der Waals surface area (Å²) in [6, 6.07) is 0. The third-order valence-electron chi connectivity index (χ3n) is 6.25. The SMILES string of the molecule is CCCCCN(CCCCC)c1c(I)c(I)c(I)c(C(=O)O)c1N(CCCCC)CCCCC. The number of carbonyl (C=O) groups is 1. The molecule has 4 nitrogen and oxygen atoms in total. The van der Waals surface area contributed by atoms with Gasteiger partial charge < -0.3 is 14.9 Å². The standard InChI is InChI=1S/C27H45I3N2O2/c1-5-9-13-17-31(18-14-10-6-2)25-21(27(33)34)22(28)23(29)24(30)26(25)32(19-15-11-7-3)20-16-12-8-4/h5-20H2,1-4H3,(H,33,34). The molecule has 0 saturated heterocycles. The van der Waals surface area contributed by atoms with Crippen molar-refractivity contribution in [3.8, 4) is 0 Å². The smallest absolute Gasteiger partial charge is 0.339 e. The van der Waals surface area contributed by atoms with E-state index in [0.29, 0.717) is 5.56 Å². The Hall–Kier alpha value is 0.480. The second kappa shape index (κ2) is 18.7. The second-order valence-corrected chi connectivity index (χ2v) is 12.4. The summed E-state index contributed by atoms with van der Waals surface area (Å²) < 4.78 is 3.17. The lowest BCUT2D eigenvalue weighted by atomic mass is 10.1. The van der Waals surface area contributed by atoms with Crippen molar-refractivity contribution in [3.63, 3.8) is 0 Å². The number of carboxylic acid groups (broad SMARTS) is 1. The zero-order valence-corrected chi connectivity index (χ0v) is 28.2. The van der Waals surface area contributed by atoms with Gasteiger partial charge in [0.05, 0.1) is 20.5 Å². The van der Waals surface area contributed by atoms with Crippen molar-refractivity contribution in [2.75, 3.05) is 36.0 Å². The maximum Gasteiger partial charge on any atom is 0.339 e. The molecule has 7 heteroatoms. The van der Waals surface area contributed by atoms with Gasteiger partial charge in [0.1, 0.15) is 0 Å². The van der Waals surface area contributed by atoms with E-state index in [0.717, 1.165) is 64.7 Å². The monoisotopic (exact) mass is 810 g/mol. The van der Waals surface area contributed by atoms with Crippen molar-refractivity contribution < 1.29 is 9.90 Å². The van der Waals surface area contributed by atoms with Gasteiger partial charge in [-0.25, -0.2) is 4.79 Å². The Kier molecular flexibility index (Phi) is 17.9. The van der Waals surface area contributed by atoms with Crippen molar-refractivity contribution in [1.82, 2.24) is 0 Å². The van der Waals surface area contributed by atoms with Crippen LogP contribution in [0, 0.1) is 10.7 Å². The number of anilines is 2. The first-order valence-electron chi connectivity index (χ1n) is 13.3. The summed E-state index contributed by atoms with van der Waals surface area (Å²) >= 11 is 7.11. The molecule has 1 aromatic rings. The van der Waals surface area contributed by atoms with Crippen molar-refractivity contribution in [2.45, 2.75) is 105 Å². The fourth-order valence-corrected chi connectivity index (χ4v) is 6.97. The van der Waals surface area contributed by atoms with E-state index in [2.05, 4.69) is 105 Å². The maximum atomic E-state index is 12.7. The van der Waals surface area contributed by atoms with Crippen LogP contribution in [0.3, 0.4) is 0 Å². The third kappa shape index (κ3) is 10.1. The molecule has 0 saturated carbocycles. The van der Waals surface area contributed by atoms with Crippen LogP contribution in [-0.4, -0.2) is 37.3 Å². The molecule has 1 N–H and O–H groups in total. The van der Waals surface area contributed by atoms with Crippen molar-refractivity contribution in [1.29, 1.82) is 0 Å². The van der Waals surface area contributed by atoms with Gasteiger partial charge in [-0.15, -0.1) is 0 Å². The summed E-state index contributed by atoms with van der Waals surface area (Å²) in [5.74, 6) is -0.798. The largest absolute Gasteiger partial charge is 0.478 e. The number of benzene rings is 1. The van der Waals surface area contributed by atoms with E-state index >= 15 is 0 Å². The molecular weight excluding hydrogens is 765 g/mol. The molecule has 0 aromatic heterocycles. The molecule has 0 fully saturated rings. The van der Waals surface area contributed by atoms with Gasteiger partial charge in [-0.3, -0.25) is 0 Å². The van der Waals surface area contributed by atoms with Crippen LogP contribution in [0.15, 0.2) is 0 Å². The van der Waals surface area contributed by atoms with Crippen molar-refractivity contribution in [2.24, 2.45) is 0 Å². The molecule has 0 aliphatic carbocycles. The number of halogens is 3. The van der Waals surface area contributed by atoms with Crippen LogP contribution in [0.4, 0.5) is 11.4 Å². The minimum atomic E-state index is -0.798. The number of hydrogen-bond acceptors (Lipinski definition) is 3. The summed E-state index contributed by atoms with van der Waals surface area (Å²) in [6.07, 6.45) is 14.0. The van der Waals surface area contributed by atoms with Gasteiger partial charge in [0.25, 0.3) is 0 Å². The molecule has 1 aromatic carbocycles. The van der Waals surface area contributed by atoms with Gasteiger partial charge in [-0.05, 0) is 93.5 Å². The quantitative estimate of drug-likeness (QED) is 0.0860. The first kappa shape index (κ1) is 32.5. The molecule has 1 rings (SSSR count). The Morgan fingerprint density at radius 2 is 0.941 bits per heavy atom. The van der Waals surface area contributed by atoms with E-state index in [-0.39, 0.29) is 0 Å². The number of carboxylic acids is 1. The van der Waals surface area contributed by atoms with E-state index in [1.807, 2.05) is 0 Å². The van der Waals surface area contributed by atoms with Crippen LogP contribution in [0.1, 0.15) is 115 Å². The van der Waals surface area contributed by atoms with E-state index in [9.17, 15) is 9.90 Å². The molecule has 0 spiro atoms. The predicted octanol–water partition coefficient (Wildman–Crippen LogP) is 9.57. The fraction of sp³-hybridized carbons (Fsp3) is 0.741. The highest BCUT2D eigenvalue weighted by Gasteiger charge is 2.30. The molecular formula is C27H45I3N2O2. The molecule has 34 heavy (non-hydrogen) atoms. The highest BCUT2D eigenvalue weighted by Crippen LogP contribution is 2.44. The minimum Gasteiger partial charge on any atom is -0.478 e. The Labute approximate surface area is 249 Å². The van der Waals surface area contributed by atoms with E-state index in [1.54, 1.807) is 0 Å². The zero-order valence-electron chi connectivity index (χ0n) is 21.7. The van der Waals surface area contributed by atoms with Crippen LogP contribution >= 0.6 is 67.8 Å². The van der Waals surface area contributed by atoms with Crippen LogP contribution in [0.25, 0.3) is 0 Å². The third-order valence-corrected chi connectivity index (χ3v) is 11.5. The van der Waals surface area contributed by atoms with Crippen molar-refractivity contribution >= 4 is 85.1 Å². The summed E-state index contributed by atoms with van der Waals surface area (Å²) in [6.45, 7) is 12.8. The molecule has 0 unspecified atom stereocenters. The summed E-state index contributed by atoms with van der Waals surface area (Å²) in [4.78, 5) is 17.7. The number of hydrogen-bond donors (Lipinski definition) is 1. The normalized spacial score (nSPS) is 11.1. The lowest BCUT2D eigenvalue weighted by Crippen LogP contribution is -2.34. The maximum absolute atomic E-state index is 12.7. The number of nitrogens with zero attached hydrogens (tertiary/aromatic N) is 2. The summed E-state index contributed by atoms with van der Waals surface area (Å²) in [5.41, 5.74) is 2.65. The zero-order chi connectivity index (χ0) is 25.5. The molecule has 196 valence electrons. The van der Waals surface area contributed by atoms with Gasteiger partial charge in [0.15, 0.2) is 0 Å². The van der Waals surface area contributed by atoms with E-state index < -0.39 is 5.97 Å². The number of rotatable bonds is 19. The van der Waals surface area contributed by atoms with Crippen LogP contribution < -0.4 is 9.80 Å². The first-order chi connectivity index (χ1) is 16.3. The van der Waals surface area contributed by atoms with E-state index in [1.165, 1.54) is 60.6 Å². The lowest BCUT2D eigenvalue weighted by molar-refractivity contribution is 0.0696. The molecule has 0 atom stereocenters. The lowest BCUT2D eigenvalue weighted by Gasteiger charge is -2.36. The van der Waals surface area contributed by atoms with Crippen LogP contribution in [-0.2, 0) is 0 Å². The Balaban J connectivity index is 3.70. The Morgan fingerprint density at radius 3 is 1.26 bits per heavy atom. The van der Waals surface area contributed by atoms with Gasteiger partial charge in [-0.2, -0.15) is 0 Å². The Morgan fingerprint density at radius 1 is 0.588 bits per heavy atom. The molecule has 0 amide bonds. The molecule has 0 aliphatic rings. The van der Waals surface area contributed by atoms with Crippen molar-refractivity contribution in [3.05, 3.63) is 16.3 Å². The average Bonchev–Trinajstić information content (AvgIpc) is 2.81. The summed E-state index contributed by atoms with van der Waals surface area (Å²) in [5, 5.41) is 10.4. The van der Waals surface area contributed by atoms with Gasteiger partial charge in [-0.1, -0.05) is 79.1 Å². The molecule has 0 heterocycles. The highest BCUT2D eigenvalue weighted by molar-refractivity contribution is 14.1. The highest BCUT2D eigenvalue weighted by atomic mass is 127. The average molecular weight is 810 g/mol. The number of unbranched alkanes of at least 4 members (excludes halogenated alkanes) is 8. The van der Waals surface area contributed by atoms with E-state index in [4.69, 9.17) is 0 Å². The number of aromatic carboxylic acids is 1.